The van der Waals surface area contributed by atoms with E-state index >= 15 is 0 Å². The van der Waals surface area contributed by atoms with Gasteiger partial charge in [-0.1, -0.05) is 18.2 Å². The molecule has 1 atom stereocenters. The maximum Gasteiger partial charge on any atom is 0.124 e. The van der Waals surface area contributed by atoms with Crippen molar-refractivity contribution in [3.63, 3.8) is 0 Å². The van der Waals surface area contributed by atoms with E-state index in [-0.39, 0.29) is 12.1 Å². The van der Waals surface area contributed by atoms with Crippen LogP contribution in [0.15, 0.2) is 24.3 Å². The number of nitrogens with two attached hydrogens (primary N) is 1. The maximum absolute atomic E-state index is 5.69. The average molecular weight is 268 g/mol. The topological polar surface area (TPSA) is 65.7 Å². The van der Waals surface area contributed by atoms with E-state index in [0.717, 1.165) is 11.3 Å². The van der Waals surface area contributed by atoms with Gasteiger partial charge in [0.1, 0.15) is 12.4 Å². The molecular formula is C14H24N2O3. The number of para-hydroxylation sites is 1. The molecule has 0 amide bonds. The number of ether oxygens (including phenoxy) is 3. The zero-order valence-electron chi connectivity index (χ0n) is 11.9. The van der Waals surface area contributed by atoms with Gasteiger partial charge in [0.15, 0.2) is 0 Å². The number of hydrazine groups is 1. The molecule has 0 aliphatic carbocycles. The Labute approximate surface area is 115 Å². The van der Waals surface area contributed by atoms with Crippen LogP contribution in [0.3, 0.4) is 0 Å². The molecule has 5 nitrogen and oxygen atoms in total. The van der Waals surface area contributed by atoms with Gasteiger partial charge in [0, 0.05) is 12.7 Å². The van der Waals surface area contributed by atoms with Gasteiger partial charge >= 0.3 is 0 Å². The van der Waals surface area contributed by atoms with Crippen LogP contribution in [0.2, 0.25) is 0 Å². The Morgan fingerprint density at radius 1 is 1.21 bits per heavy atom. The van der Waals surface area contributed by atoms with Crippen molar-refractivity contribution in [3.8, 4) is 5.75 Å². The highest BCUT2D eigenvalue weighted by atomic mass is 16.5. The molecule has 0 saturated heterocycles. The van der Waals surface area contributed by atoms with Crippen molar-refractivity contribution >= 4 is 0 Å². The monoisotopic (exact) mass is 268 g/mol. The van der Waals surface area contributed by atoms with Gasteiger partial charge in [-0.05, 0) is 19.9 Å². The van der Waals surface area contributed by atoms with Crippen LogP contribution in [0, 0.1) is 0 Å². The van der Waals surface area contributed by atoms with Gasteiger partial charge in [0.2, 0.25) is 0 Å². The van der Waals surface area contributed by atoms with Crippen LogP contribution in [-0.2, 0) is 9.47 Å². The molecule has 1 aromatic rings. The van der Waals surface area contributed by atoms with Gasteiger partial charge < -0.3 is 14.2 Å². The molecule has 1 aromatic carbocycles. The highest BCUT2D eigenvalue weighted by Gasteiger charge is 2.15. The summed E-state index contributed by atoms with van der Waals surface area (Å²) >= 11 is 0. The van der Waals surface area contributed by atoms with Crippen LogP contribution in [-0.4, -0.2) is 33.0 Å². The Kier molecular flexibility index (Phi) is 7.43. The highest BCUT2D eigenvalue weighted by molar-refractivity contribution is 5.36. The molecule has 19 heavy (non-hydrogen) atoms. The van der Waals surface area contributed by atoms with E-state index in [4.69, 9.17) is 20.1 Å². The number of nitrogens with one attached hydrogen (secondary N) is 1. The molecular weight excluding hydrogens is 244 g/mol. The fourth-order valence-electron chi connectivity index (χ4n) is 1.65. The first kappa shape index (κ1) is 15.9. The van der Waals surface area contributed by atoms with Crippen molar-refractivity contribution in [3.05, 3.63) is 29.8 Å². The predicted octanol–water partition coefficient (Wildman–Crippen LogP) is 1.64. The summed E-state index contributed by atoms with van der Waals surface area (Å²) in [6, 6.07) is 7.70. The normalized spacial score (nSPS) is 12.7. The predicted molar refractivity (Wildman–Crippen MR) is 75.0 cm³/mol. The van der Waals surface area contributed by atoms with Gasteiger partial charge in [-0.3, -0.25) is 11.3 Å². The molecule has 0 heterocycles. The molecule has 0 bridgehead atoms. The molecule has 108 valence electrons. The van der Waals surface area contributed by atoms with E-state index in [1.807, 2.05) is 38.1 Å². The van der Waals surface area contributed by atoms with Crippen molar-refractivity contribution < 1.29 is 14.2 Å². The fourth-order valence-corrected chi connectivity index (χ4v) is 1.65. The molecule has 0 aromatic heterocycles. The second-order valence-electron chi connectivity index (χ2n) is 4.48. The minimum atomic E-state index is -0.0962. The zero-order chi connectivity index (χ0) is 14.1. The highest BCUT2D eigenvalue weighted by Crippen LogP contribution is 2.25. The minimum Gasteiger partial charge on any atom is -0.491 e. The van der Waals surface area contributed by atoms with Gasteiger partial charge in [-0.15, -0.1) is 0 Å². The van der Waals surface area contributed by atoms with Crippen LogP contribution in [0.5, 0.6) is 5.75 Å². The third-order valence-corrected chi connectivity index (χ3v) is 2.64. The second-order valence-corrected chi connectivity index (χ2v) is 4.48. The van der Waals surface area contributed by atoms with Crippen molar-refractivity contribution in [1.29, 1.82) is 0 Å². The summed E-state index contributed by atoms with van der Waals surface area (Å²) in [5, 5.41) is 0. The maximum atomic E-state index is 5.69. The number of rotatable bonds is 9. The van der Waals surface area contributed by atoms with Gasteiger partial charge in [0.05, 0.1) is 25.4 Å². The SMILES string of the molecule is COCCOc1ccccc1C(COC(C)C)NN. The summed E-state index contributed by atoms with van der Waals surface area (Å²) in [6.07, 6.45) is 0.164. The first-order valence-electron chi connectivity index (χ1n) is 6.47. The third-order valence-electron chi connectivity index (χ3n) is 2.64. The standard InChI is InChI=1S/C14H24N2O3/c1-11(2)19-10-13(16-15)12-6-4-5-7-14(12)18-9-8-17-3/h4-7,11,13,16H,8-10,15H2,1-3H3. The van der Waals surface area contributed by atoms with E-state index < -0.39 is 0 Å². The second kappa shape index (κ2) is 8.87. The lowest BCUT2D eigenvalue weighted by atomic mass is 10.1. The van der Waals surface area contributed by atoms with Crippen molar-refractivity contribution in [2.75, 3.05) is 26.9 Å². The average Bonchev–Trinajstić information content (AvgIpc) is 2.41. The summed E-state index contributed by atoms with van der Waals surface area (Å²) in [7, 11) is 1.65. The van der Waals surface area contributed by atoms with E-state index in [1.165, 1.54) is 0 Å². The summed E-state index contributed by atoms with van der Waals surface area (Å²) in [5.74, 6) is 6.41. The molecule has 3 N–H and O–H groups in total. The summed E-state index contributed by atoms with van der Waals surface area (Å²) in [4.78, 5) is 0. The van der Waals surface area contributed by atoms with Gasteiger partial charge in [0.25, 0.3) is 0 Å². The zero-order valence-corrected chi connectivity index (χ0v) is 11.9. The Bertz CT molecular complexity index is 358. The molecule has 0 spiro atoms. The Morgan fingerprint density at radius 2 is 1.95 bits per heavy atom. The van der Waals surface area contributed by atoms with E-state index in [0.29, 0.717) is 19.8 Å². The number of benzene rings is 1. The minimum absolute atomic E-state index is 0.0962. The van der Waals surface area contributed by atoms with Crippen molar-refractivity contribution in [2.45, 2.75) is 26.0 Å². The largest absolute Gasteiger partial charge is 0.491 e. The van der Waals surface area contributed by atoms with Crippen molar-refractivity contribution in [2.24, 2.45) is 5.84 Å². The molecule has 0 saturated carbocycles. The lowest BCUT2D eigenvalue weighted by Crippen LogP contribution is -2.32. The summed E-state index contributed by atoms with van der Waals surface area (Å²) < 4.78 is 16.3. The molecule has 1 rings (SSSR count). The van der Waals surface area contributed by atoms with Crippen LogP contribution in [0.1, 0.15) is 25.5 Å². The first-order chi connectivity index (χ1) is 9.19. The molecule has 0 radical (unpaired) electrons. The Balaban J connectivity index is 2.72. The smallest absolute Gasteiger partial charge is 0.124 e. The Hall–Kier alpha value is -1.14. The molecule has 0 fully saturated rings. The summed E-state index contributed by atoms with van der Waals surface area (Å²) in [5.41, 5.74) is 3.76. The number of hydrogen-bond donors (Lipinski definition) is 2. The lowest BCUT2D eigenvalue weighted by Gasteiger charge is -2.21. The van der Waals surface area contributed by atoms with Crippen LogP contribution < -0.4 is 16.0 Å². The van der Waals surface area contributed by atoms with E-state index in [1.54, 1.807) is 7.11 Å². The van der Waals surface area contributed by atoms with Crippen LogP contribution in [0.4, 0.5) is 0 Å². The van der Waals surface area contributed by atoms with Crippen molar-refractivity contribution in [1.82, 2.24) is 5.43 Å². The molecule has 0 aliphatic rings. The van der Waals surface area contributed by atoms with Gasteiger partial charge in [-0.2, -0.15) is 0 Å². The number of methoxy groups -OCH3 is 1. The first-order valence-corrected chi connectivity index (χ1v) is 6.47. The Morgan fingerprint density at radius 3 is 2.58 bits per heavy atom. The molecule has 0 aliphatic heterocycles. The molecule has 5 heteroatoms. The third kappa shape index (κ3) is 5.57. The fraction of sp³-hybridized carbons (Fsp3) is 0.571. The van der Waals surface area contributed by atoms with E-state index in [2.05, 4.69) is 5.43 Å². The molecule has 1 unspecified atom stereocenters. The quantitative estimate of drug-likeness (QED) is 0.405. The van der Waals surface area contributed by atoms with Crippen LogP contribution in [0.25, 0.3) is 0 Å². The van der Waals surface area contributed by atoms with E-state index in [9.17, 15) is 0 Å². The van der Waals surface area contributed by atoms with Crippen LogP contribution >= 0.6 is 0 Å². The summed E-state index contributed by atoms with van der Waals surface area (Å²) in [6.45, 7) is 5.55. The van der Waals surface area contributed by atoms with Gasteiger partial charge in [-0.25, -0.2) is 0 Å². The lowest BCUT2D eigenvalue weighted by molar-refractivity contribution is 0.0602. The number of hydrogen-bond acceptors (Lipinski definition) is 5.